The van der Waals surface area contributed by atoms with E-state index >= 15 is 0 Å². The van der Waals surface area contributed by atoms with Crippen LogP contribution in [0.3, 0.4) is 0 Å². The third-order valence-corrected chi connectivity index (χ3v) is 3.90. The number of nitrogens with zero attached hydrogens (tertiary/aromatic N) is 2. The van der Waals surface area contributed by atoms with Gasteiger partial charge in [0.2, 0.25) is 0 Å². The Morgan fingerprint density at radius 3 is 2.84 bits per heavy atom. The van der Waals surface area contributed by atoms with Crippen molar-refractivity contribution < 1.29 is 4.79 Å². The Bertz CT molecular complexity index is 757. The minimum absolute atomic E-state index is 0.131. The number of aryl methyl sites for hydroxylation is 2. The highest BCUT2D eigenvalue weighted by atomic mass is 32.1. The van der Waals surface area contributed by atoms with Gasteiger partial charge in [0.1, 0.15) is 5.69 Å². The molecule has 0 atom stereocenters. The van der Waals surface area contributed by atoms with Gasteiger partial charge in [-0.15, -0.1) is 11.3 Å². The predicted molar refractivity (Wildman–Crippen MR) is 77.7 cm³/mol. The van der Waals surface area contributed by atoms with Crippen LogP contribution >= 0.6 is 11.3 Å². The van der Waals surface area contributed by atoms with Crippen LogP contribution in [0.2, 0.25) is 0 Å². The molecule has 0 aliphatic rings. The lowest BCUT2D eigenvalue weighted by Gasteiger charge is -2.03. The first kappa shape index (κ1) is 11.9. The number of hydrogen-bond donors (Lipinski definition) is 1. The van der Waals surface area contributed by atoms with E-state index in [2.05, 4.69) is 10.3 Å². The second kappa shape index (κ2) is 4.51. The predicted octanol–water partition coefficient (Wildman–Crippen LogP) is 3.20. The van der Waals surface area contributed by atoms with Crippen molar-refractivity contribution >= 4 is 33.3 Å². The maximum atomic E-state index is 12.2. The van der Waals surface area contributed by atoms with E-state index in [0.717, 1.165) is 16.6 Å². The molecule has 3 aromatic rings. The van der Waals surface area contributed by atoms with Crippen molar-refractivity contribution in [3.05, 3.63) is 47.1 Å². The standard InChI is InChI=1S/C14H13N3OS/c1-9-8-19-14(15-9)16-13(18)12-7-10-5-3-4-6-11(10)17(12)2/h3-8H,1-2H3,(H,15,16,18). The Labute approximate surface area is 114 Å². The molecule has 1 aromatic carbocycles. The molecular weight excluding hydrogens is 258 g/mol. The third-order valence-electron chi connectivity index (χ3n) is 3.02. The molecule has 0 aliphatic heterocycles. The average Bonchev–Trinajstić information content (AvgIpc) is 2.94. The van der Waals surface area contributed by atoms with Crippen molar-refractivity contribution in [1.82, 2.24) is 9.55 Å². The lowest BCUT2D eigenvalue weighted by atomic mass is 10.2. The van der Waals surface area contributed by atoms with Crippen molar-refractivity contribution in [1.29, 1.82) is 0 Å². The zero-order chi connectivity index (χ0) is 13.4. The molecule has 0 bridgehead atoms. The van der Waals surface area contributed by atoms with Gasteiger partial charge in [-0.1, -0.05) is 18.2 Å². The summed E-state index contributed by atoms with van der Waals surface area (Å²) < 4.78 is 1.89. The highest BCUT2D eigenvalue weighted by Crippen LogP contribution is 2.20. The Hall–Kier alpha value is -2.14. The molecule has 0 saturated heterocycles. The Morgan fingerprint density at radius 1 is 1.37 bits per heavy atom. The summed E-state index contributed by atoms with van der Waals surface area (Å²) >= 11 is 1.43. The summed E-state index contributed by atoms with van der Waals surface area (Å²) in [6, 6.07) is 9.83. The summed E-state index contributed by atoms with van der Waals surface area (Å²) in [6.07, 6.45) is 0. The van der Waals surface area contributed by atoms with E-state index in [4.69, 9.17) is 0 Å². The molecule has 0 unspecified atom stereocenters. The van der Waals surface area contributed by atoms with Gasteiger partial charge in [0, 0.05) is 23.3 Å². The van der Waals surface area contributed by atoms with Crippen LogP contribution in [0.5, 0.6) is 0 Å². The van der Waals surface area contributed by atoms with Gasteiger partial charge < -0.3 is 4.57 Å². The quantitative estimate of drug-likeness (QED) is 0.778. The van der Waals surface area contributed by atoms with E-state index in [1.807, 2.05) is 54.3 Å². The van der Waals surface area contributed by atoms with Crippen LogP contribution in [0.1, 0.15) is 16.2 Å². The maximum absolute atomic E-state index is 12.2. The molecule has 2 aromatic heterocycles. The number of benzene rings is 1. The van der Waals surface area contributed by atoms with Crippen molar-refractivity contribution in [2.24, 2.45) is 7.05 Å². The van der Waals surface area contributed by atoms with Crippen molar-refractivity contribution in [2.45, 2.75) is 6.92 Å². The van der Waals surface area contributed by atoms with Crippen molar-refractivity contribution in [2.75, 3.05) is 5.32 Å². The zero-order valence-electron chi connectivity index (χ0n) is 10.7. The number of carbonyl (C=O) groups is 1. The van der Waals surface area contributed by atoms with Crippen LogP contribution in [0, 0.1) is 6.92 Å². The van der Waals surface area contributed by atoms with Crippen LogP contribution in [0.25, 0.3) is 10.9 Å². The van der Waals surface area contributed by atoms with Gasteiger partial charge in [0.15, 0.2) is 5.13 Å². The molecule has 2 heterocycles. The maximum Gasteiger partial charge on any atom is 0.274 e. The number of anilines is 1. The Morgan fingerprint density at radius 2 is 2.16 bits per heavy atom. The molecule has 1 N–H and O–H groups in total. The molecule has 0 spiro atoms. The average molecular weight is 271 g/mol. The van der Waals surface area contributed by atoms with Crippen LogP contribution in [-0.2, 0) is 7.05 Å². The summed E-state index contributed by atoms with van der Waals surface area (Å²) in [5.41, 5.74) is 2.59. The summed E-state index contributed by atoms with van der Waals surface area (Å²) in [6.45, 7) is 1.91. The number of amides is 1. The molecule has 5 heteroatoms. The number of hydrogen-bond acceptors (Lipinski definition) is 3. The molecule has 0 saturated carbocycles. The number of para-hydroxylation sites is 1. The first-order valence-electron chi connectivity index (χ1n) is 5.93. The van der Waals surface area contributed by atoms with Crippen LogP contribution in [-0.4, -0.2) is 15.5 Å². The summed E-state index contributed by atoms with van der Waals surface area (Å²) in [7, 11) is 1.89. The summed E-state index contributed by atoms with van der Waals surface area (Å²) in [5.74, 6) is -0.131. The van der Waals surface area contributed by atoms with Gasteiger partial charge in [-0.3, -0.25) is 10.1 Å². The number of fused-ring (bicyclic) bond motifs is 1. The molecule has 4 nitrogen and oxygen atoms in total. The SMILES string of the molecule is Cc1csc(NC(=O)c2cc3ccccc3n2C)n1. The molecule has 1 amide bonds. The monoisotopic (exact) mass is 271 g/mol. The first-order chi connectivity index (χ1) is 9.15. The highest BCUT2D eigenvalue weighted by molar-refractivity contribution is 7.13. The lowest BCUT2D eigenvalue weighted by molar-refractivity contribution is 0.101. The van der Waals surface area contributed by atoms with Gasteiger partial charge in [0.25, 0.3) is 5.91 Å². The van der Waals surface area contributed by atoms with Gasteiger partial charge >= 0.3 is 0 Å². The molecular formula is C14H13N3OS. The number of nitrogens with one attached hydrogen (secondary N) is 1. The molecule has 96 valence electrons. The Balaban J connectivity index is 1.95. The summed E-state index contributed by atoms with van der Waals surface area (Å²) in [5, 5.41) is 6.44. The van der Waals surface area contributed by atoms with Gasteiger partial charge in [-0.25, -0.2) is 4.98 Å². The van der Waals surface area contributed by atoms with Gasteiger partial charge in [0.05, 0.1) is 5.69 Å². The fourth-order valence-corrected chi connectivity index (χ4v) is 2.76. The molecule has 19 heavy (non-hydrogen) atoms. The van der Waals surface area contributed by atoms with Crippen molar-refractivity contribution in [3.8, 4) is 0 Å². The largest absolute Gasteiger partial charge is 0.340 e. The smallest absolute Gasteiger partial charge is 0.274 e. The van der Waals surface area contributed by atoms with Gasteiger partial charge in [-0.2, -0.15) is 0 Å². The number of thiazole rings is 1. The Kier molecular flexibility index (Phi) is 2.83. The summed E-state index contributed by atoms with van der Waals surface area (Å²) in [4.78, 5) is 16.5. The third kappa shape index (κ3) is 2.13. The fraction of sp³-hybridized carbons (Fsp3) is 0.143. The zero-order valence-corrected chi connectivity index (χ0v) is 11.5. The van der Waals surface area contributed by atoms with Crippen LogP contribution in [0.4, 0.5) is 5.13 Å². The fourth-order valence-electron chi connectivity index (χ4n) is 2.08. The molecule has 3 rings (SSSR count). The van der Waals surface area contributed by atoms with E-state index in [1.54, 1.807) is 0 Å². The van der Waals surface area contributed by atoms with Gasteiger partial charge in [-0.05, 0) is 19.1 Å². The highest BCUT2D eigenvalue weighted by Gasteiger charge is 2.14. The van der Waals surface area contributed by atoms with E-state index < -0.39 is 0 Å². The molecule has 0 aliphatic carbocycles. The second-order valence-electron chi connectivity index (χ2n) is 4.40. The number of carbonyl (C=O) groups excluding carboxylic acids is 1. The number of rotatable bonds is 2. The normalized spacial score (nSPS) is 10.8. The van der Waals surface area contributed by atoms with E-state index in [0.29, 0.717) is 10.8 Å². The minimum atomic E-state index is -0.131. The minimum Gasteiger partial charge on any atom is -0.340 e. The van der Waals surface area contributed by atoms with E-state index in [9.17, 15) is 4.79 Å². The molecule has 0 radical (unpaired) electrons. The van der Waals surface area contributed by atoms with E-state index in [1.165, 1.54) is 11.3 Å². The number of aromatic nitrogens is 2. The van der Waals surface area contributed by atoms with Crippen LogP contribution < -0.4 is 5.32 Å². The second-order valence-corrected chi connectivity index (χ2v) is 5.25. The first-order valence-corrected chi connectivity index (χ1v) is 6.81. The molecule has 0 fully saturated rings. The van der Waals surface area contributed by atoms with E-state index in [-0.39, 0.29) is 5.91 Å². The topological polar surface area (TPSA) is 46.9 Å². The van der Waals surface area contributed by atoms with Crippen LogP contribution in [0.15, 0.2) is 35.7 Å². The van der Waals surface area contributed by atoms with Crippen molar-refractivity contribution in [3.63, 3.8) is 0 Å². The lowest BCUT2D eigenvalue weighted by Crippen LogP contribution is -2.15.